The minimum absolute atomic E-state index is 0.0258. The maximum Gasteiger partial charge on any atom is 0.267 e. The van der Waals surface area contributed by atoms with Crippen molar-refractivity contribution in [3.63, 3.8) is 0 Å². The minimum Gasteiger partial charge on any atom is -0.355 e. The molecule has 3 aromatic rings. The number of thiophene rings is 1. The molecule has 8 heteroatoms. The minimum atomic E-state index is -0.0524. The number of rotatable bonds is 6. The molecule has 1 amide bonds. The lowest BCUT2D eigenvalue weighted by molar-refractivity contribution is -0.120. The number of hydrogen-bond acceptors (Lipinski definition) is 5. The van der Waals surface area contributed by atoms with E-state index in [0.717, 1.165) is 59.3 Å². The lowest BCUT2D eigenvalue weighted by Gasteiger charge is -2.56. The van der Waals surface area contributed by atoms with Crippen molar-refractivity contribution in [2.24, 2.45) is 29.1 Å². The average molecular weight is 582 g/mol. The van der Waals surface area contributed by atoms with Crippen molar-refractivity contribution in [3.05, 3.63) is 49.6 Å². The Balaban J connectivity index is 1.16. The Hall–Kier alpha value is -1.83. The highest BCUT2D eigenvalue weighted by Gasteiger charge is 2.50. The number of nitrogens with one attached hydrogen (secondary N) is 1. The van der Waals surface area contributed by atoms with E-state index in [9.17, 15) is 9.59 Å². The smallest absolute Gasteiger partial charge is 0.267 e. The Morgan fingerprint density at radius 2 is 1.92 bits per heavy atom. The Kier molecular flexibility index (Phi) is 6.63. The van der Waals surface area contributed by atoms with E-state index in [0.29, 0.717) is 27.2 Å². The fourth-order valence-electron chi connectivity index (χ4n) is 8.39. The van der Waals surface area contributed by atoms with E-state index in [-0.39, 0.29) is 17.2 Å². The molecular weight excluding hydrogens is 546 g/mol. The van der Waals surface area contributed by atoms with E-state index in [1.54, 1.807) is 15.9 Å². The van der Waals surface area contributed by atoms with Gasteiger partial charge in [0, 0.05) is 16.4 Å². The number of aryl methyl sites for hydroxylation is 2. The largest absolute Gasteiger partial charge is 0.355 e. The second-order valence-electron chi connectivity index (χ2n) is 13.0. The maximum atomic E-state index is 14.1. The monoisotopic (exact) mass is 581 g/mol. The molecule has 0 spiro atoms. The van der Waals surface area contributed by atoms with Crippen LogP contribution in [0.25, 0.3) is 15.9 Å². The average Bonchev–Trinajstić information content (AvgIpc) is 3.25. The Morgan fingerprint density at radius 1 is 1.21 bits per heavy atom. The third-order valence-corrected chi connectivity index (χ3v) is 12.4. The number of aromatic nitrogens is 2. The molecule has 4 saturated carbocycles. The molecule has 5 aliphatic carbocycles. The fraction of sp³-hybridized carbons (Fsp3) is 0.581. The molecule has 39 heavy (non-hydrogen) atoms. The van der Waals surface area contributed by atoms with Gasteiger partial charge in [0.05, 0.1) is 16.8 Å². The molecule has 0 radical (unpaired) electrons. The van der Waals surface area contributed by atoms with Gasteiger partial charge in [-0.3, -0.25) is 14.2 Å². The summed E-state index contributed by atoms with van der Waals surface area (Å²) in [4.78, 5) is 34.3. The van der Waals surface area contributed by atoms with Crippen LogP contribution in [0.2, 0.25) is 5.02 Å². The third kappa shape index (κ3) is 4.76. The molecule has 8 rings (SSSR count). The van der Waals surface area contributed by atoms with Gasteiger partial charge in [0.15, 0.2) is 5.16 Å². The molecule has 1 aromatic carbocycles. The third-order valence-electron chi connectivity index (χ3n) is 9.87. The van der Waals surface area contributed by atoms with Gasteiger partial charge in [0.2, 0.25) is 5.91 Å². The first kappa shape index (κ1) is 26.1. The summed E-state index contributed by atoms with van der Waals surface area (Å²) in [5, 5.41) is 5.21. The summed E-state index contributed by atoms with van der Waals surface area (Å²) < 4.78 is 1.68. The molecule has 5 aliphatic rings. The van der Waals surface area contributed by atoms with E-state index in [4.69, 9.17) is 16.6 Å². The zero-order valence-electron chi connectivity index (χ0n) is 22.7. The number of amides is 1. The van der Waals surface area contributed by atoms with E-state index in [1.807, 2.05) is 25.1 Å². The van der Waals surface area contributed by atoms with E-state index < -0.39 is 0 Å². The van der Waals surface area contributed by atoms with Gasteiger partial charge >= 0.3 is 0 Å². The van der Waals surface area contributed by atoms with Crippen LogP contribution in [0.4, 0.5) is 0 Å². The van der Waals surface area contributed by atoms with E-state index in [2.05, 4.69) is 12.2 Å². The SMILES string of the molecule is Cc1ccc(-n2c(SCC(=O)NCC34CC5CC(CC(C5)C3)C4)nc3sc4c(c3c2=O)CCC(C)C4)cc1Cl. The molecule has 206 valence electrons. The first-order valence-electron chi connectivity index (χ1n) is 14.5. The van der Waals surface area contributed by atoms with Crippen molar-refractivity contribution < 1.29 is 4.79 Å². The topological polar surface area (TPSA) is 64.0 Å². The van der Waals surface area contributed by atoms with E-state index in [1.165, 1.54) is 60.7 Å². The number of fused-ring (bicyclic) bond motifs is 3. The number of carbonyl (C=O) groups excluding carboxylic acids is 1. The summed E-state index contributed by atoms with van der Waals surface area (Å²) >= 11 is 9.50. The van der Waals surface area contributed by atoms with Crippen molar-refractivity contribution >= 4 is 50.8 Å². The van der Waals surface area contributed by atoms with Gasteiger partial charge in [-0.25, -0.2) is 4.98 Å². The number of benzene rings is 1. The van der Waals surface area contributed by atoms with Crippen LogP contribution >= 0.6 is 34.7 Å². The zero-order chi connectivity index (χ0) is 26.9. The van der Waals surface area contributed by atoms with Crippen LogP contribution in [0.5, 0.6) is 0 Å². The first-order valence-corrected chi connectivity index (χ1v) is 16.7. The molecule has 2 heterocycles. The van der Waals surface area contributed by atoms with Gasteiger partial charge in [-0.05, 0) is 117 Å². The predicted octanol–water partition coefficient (Wildman–Crippen LogP) is 6.96. The number of halogens is 1. The lowest BCUT2D eigenvalue weighted by Crippen LogP contribution is -2.51. The molecule has 2 aromatic heterocycles. The number of hydrogen-bond donors (Lipinski definition) is 1. The summed E-state index contributed by atoms with van der Waals surface area (Å²) in [6, 6.07) is 5.70. The highest BCUT2D eigenvalue weighted by molar-refractivity contribution is 7.99. The summed E-state index contributed by atoms with van der Waals surface area (Å²) in [6.45, 7) is 5.02. The normalized spacial score (nSPS) is 29.1. The lowest BCUT2D eigenvalue weighted by atomic mass is 9.49. The van der Waals surface area contributed by atoms with Gasteiger partial charge in [-0.15, -0.1) is 11.3 Å². The molecule has 4 fully saturated rings. The van der Waals surface area contributed by atoms with Crippen LogP contribution in [-0.2, 0) is 17.6 Å². The summed E-state index contributed by atoms with van der Waals surface area (Å²) in [7, 11) is 0. The summed E-state index contributed by atoms with van der Waals surface area (Å²) in [5.41, 5.74) is 3.08. The number of carbonyl (C=O) groups is 1. The van der Waals surface area contributed by atoms with Crippen molar-refractivity contribution in [2.75, 3.05) is 12.3 Å². The molecule has 4 bridgehead atoms. The van der Waals surface area contributed by atoms with Gasteiger partial charge in [-0.2, -0.15) is 0 Å². The van der Waals surface area contributed by atoms with Crippen LogP contribution in [0.15, 0.2) is 28.2 Å². The highest BCUT2D eigenvalue weighted by atomic mass is 35.5. The van der Waals surface area contributed by atoms with Gasteiger partial charge < -0.3 is 5.32 Å². The molecule has 1 N–H and O–H groups in total. The van der Waals surface area contributed by atoms with Gasteiger partial charge in [0.25, 0.3) is 5.56 Å². The standard InChI is InChI=1S/C31H36ClN3O2S2/c1-17-3-6-23-25(7-17)39-28-27(23)29(37)35(22-5-4-18(2)24(32)11-22)30(34-28)38-15-26(36)33-16-31-12-19-8-20(13-31)10-21(9-19)14-31/h4-5,11,17,19-21H,3,6-10,12-16H2,1-2H3,(H,33,36). The van der Waals surface area contributed by atoms with Crippen molar-refractivity contribution in [1.29, 1.82) is 0 Å². The quantitative estimate of drug-likeness (QED) is 0.252. The molecule has 0 saturated heterocycles. The Bertz CT molecular complexity index is 1490. The van der Waals surface area contributed by atoms with E-state index >= 15 is 0 Å². The Morgan fingerprint density at radius 3 is 2.62 bits per heavy atom. The summed E-state index contributed by atoms with van der Waals surface area (Å²) in [6.07, 6.45) is 11.1. The number of nitrogens with zero attached hydrogens (tertiary/aromatic N) is 2. The van der Waals surface area contributed by atoms with Crippen molar-refractivity contribution in [1.82, 2.24) is 14.9 Å². The summed E-state index contributed by atoms with van der Waals surface area (Å²) in [5.74, 6) is 3.50. The van der Waals surface area contributed by atoms with Crippen LogP contribution in [0.3, 0.4) is 0 Å². The van der Waals surface area contributed by atoms with Gasteiger partial charge in [-0.1, -0.05) is 36.4 Å². The molecule has 1 unspecified atom stereocenters. The maximum absolute atomic E-state index is 14.1. The van der Waals surface area contributed by atoms with Crippen molar-refractivity contribution in [2.45, 2.75) is 76.8 Å². The number of thioether (sulfide) groups is 1. The molecule has 1 atom stereocenters. The Labute approximate surface area is 243 Å². The van der Waals surface area contributed by atoms with Crippen LogP contribution in [0, 0.1) is 36.0 Å². The van der Waals surface area contributed by atoms with Crippen LogP contribution < -0.4 is 10.9 Å². The predicted molar refractivity (Wildman–Crippen MR) is 160 cm³/mol. The highest BCUT2D eigenvalue weighted by Crippen LogP contribution is 2.59. The van der Waals surface area contributed by atoms with Gasteiger partial charge in [0.1, 0.15) is 4.83 Å². The second-order valence-corrected chi connectivity index (χ2v) is 15.4. The second kappa shape index (κ2) is 9.92. The van der Waals surface area contributed by atoms with Crippen molar-refractivity contribution in [3.8, 4) is 5.69 Å². The molecule has 5 nitrogen and oxygen atoms in total. The first-order chi connectivity index (χ1) is 18.8. The fourth-order valence-corrected chi connectivity index (χ4v) is 10.8. The zero-order valence-corrected chi connectivity index (χ0v) is 25.1. The molecular formula is C31H36ClN3O2S2. The van der Waals surface area contributed by atoms with Crippen LogP contribution in [-0.4, -0.2) is 27.8 Å². The van der Waals surface area contributed by atoms with Crippen LogP contribution in [0.1, 0.15) is 67.9 Å². The molecule has 0 aliphatic heterocycles.